The Hall–Kier alpha value is 0.500. The Morgan fingerprint density at radius 2 is 1.12 bits per heavy atom. The molecule has 0 heterocycles. The van der Waals surface area contributed by atoms with Gasteiger partial charge in [0.05, 0.1) is 23.0 Å². The zero-order chi connectivity index (χ0) is 6.31. The van der Waals surface area contributed by atoms with E-state index >= 15 is 0 Å². The largest absolute Gasteiger partial charge is 0.389 e. The van der Waals surface area contributed by atoms with Gasteiger partial charge in [-0.3, -0.25) is 0 Å². The van der Waals surface area contributed by atoms with E-state index in [1.165, 1.54) is 0 Å². The highest BCUT2D eigenvalue weighted by atomic mass is 35.5. The predicted octanol–water partition coefficient (Wildman–Crippen LogP) is -0.0634. The van der Waals surface area contributed by atoms with Crippen molar-refractivity contribution in [2.45, 2.75) is 23.0 Å². The molecule has 0 radical (unpaired) electrons. The molecule has 4 heteroatoms. The summed E-state index contributed by atoms with van der Waals surface area (Å²) in [6.07, 6.45) is -1.67. The number of hydrogen-bond acceptors (Lipinski definition) is 2. The lowest BCUT2D eigenvalue weighted by Crippen LogP contribution is -2.58. The SMILES string of the molecule is O[C@@H]1[C@H](O)[C@@H](Cl)[C@H]1Cl. The Balaban J connectivity index is 2.42. The summed E-state index contributed by atoms with van der Waals surface area (Å²) in [5, 5.41) is 16.4. The lowest BCUT2D eigenvalue weighted by atomic mass is 9.91. The van der Waals surface area contributed by atoms with E-state index in [4.69, 9.17) is 33.4 Å². The van der Waals surface area contributed by atoms with Gasteiger partial charge in [0.25, 0.3) is 0 Å². The van der Waals surface area contributed by atoms with E-state index in [-0.39, 0.29) is 0 Å². The highest BCUT2D eigenvalue weighted by Gasteiger charge is 2.46. The van der Waals surface area contributed by atoms with Gasteiger partial charge >= 0.3 is 0 Å². The third kappa shape index (κ3) is 0.722. The molecule has 1 rings (SSSR count). The third-order valence-corrected chi connectivity index (χ3v) is 2.49. The summed E-state index contributed by atoms with van der Waals surface area (Å²) in [6, 6.07) is 0. The molecule has 1 fully saturated rings. The summed E-state index contributed by atoms with van der Waals surface area (Å²) in [5.41, 5.74) is 0. The quantitative estimate of drug-likeness (QED) is 0.483. The van der Waals surface area contributed by atoms with Crippen LogP contribution in [0, 0.1) is 0 Å². The van der Waals surface area contributed by atoms with Crippen LogP contribution in [0.4, 0.5) is 0 Å². The molecule has 0 aromatic heterocycles. The molecular weight excluding hydrogens is 151 g/mol. The van der Waals surface area contributed by atoms with Crippen LogP contribution in [-0.2, 0) is 0 Å². The van der Waals surface area contributed by atoms with E-state index in [9.17, 15) is 0 Å². The zero-order valence-corrected chi connectivity index (χ0v) is 5.47. The van der Waals surface area contributed by atoms with Gasteiger partial charge in [0.15, 0.2) is 0 Å². The van der Waals surface area contributed by atoms with Gasteiger partial charge in [0.1, 0.15) is 0 Å². The van der Waals surface area contributed by atoms with Crippen molar-refractivity contribution in [3.8, 4) is 0 Å². The van der Waals surface area contributed by atoms with Gasteiger partial charge in [-0.1, -0.05) is 0 Å². The van der Waals surface area contributed by atoms with Gasteiger partial charge in [0.2, 0.25) is 0 Å². The summed E-state index contributed by atoms with van der Waals surface area (Å²) >= 11 is 10.8. The molecule has 8 heavy (non-hydrogen) atoms. The molecule has 2 N–H and O–H groups in total. The van der Waals surface area contributed by atoms with Crippen molar-refractivity contribution in [1.29, 1.82) is 0 Å². The maximum absolute atomic E-state index is 8.69. The maximum Gasteiger partial charge on any atom is 0.0992 e. The van der Waals surface area contributed by atoms with Crippen LogP contribution in [-0.4, -0.2) is 33.2 Å². The maximum atomic E-state index is 8.69. The molecule has 48 valence electrons. The van der Waals surface area contributed by atoms with Crippen molar-refractivity contribution in [1.82, 2.24) is 0 Å². The fourth-order valence-electron chi connectivity index (χ4n) is 0.608. The van der Waals surface area contributed by atoms with Crippen LogP contribution in [0.5, 0.6) is 0 Å². The van der Waals surface area contributed by atoms with Crippen LogP contribution in [0.2, 0.25) is 0 Å². The molecule has 0 unspecified atom stereocenters. The molecule has 0 aliphatic heterocycles. The van der Waals surface area contributed by atoms with Gasteiger partial charge in [-0.2, -0.15) is 0 Å². The molecule has 0 amide bonds. The summed E-state index contributed by atoms with van der Waals surface area (Å²) in [7, 11) is 0. The second-order valence-electron chi connectivity index (χ2n) is 1.87. The summed E-state index contributed by atoms with van der Waals surface area (Å²) < 4.78 is 0. The number of alkyl halides is 2. The first-order valence-corrected chi connectivity index (χ1v) is 3.16. The van der Waals surface area contributed by atoms with Gasteiger partial charge < -0.3 is 10.2 Å². The minimum atomic E-state index is -0.834. The topological polar surface area (TPSA) is 40.5 Å². The predicted molar refractivity (Wildman–Crippen MR) is 31.3 cm³/mol. The number of aliphatic hydroxyl groups is 2. The van der Waals surface area contributed by atoms with E-state index in [2.05, 4.69) is 0 Å². The minimum absolute atomic E-state index is 0.480. The Morgan fingerprint density at radius 1 is 0.875 bits per heavy atom. The Morgan fingerprint density at radius 3 is 1.25 bits per heavy atom. The molecule has 1 aliphatic rings. The smallest absolute Gasteiger partial charge is 0.0992 e. The van der Waals surface area contributed by atoms with E-state index in [1.54, 1.807) is 0 Å². The monoisotopic (exact) mass is 156 g/mol. The first-order chi connectivity index (χ1) is 3.64. The Bertz CT molecular complexity index is 66.0. The van der Waals surface area contributed by atoms with Crippen molar-refractivity contribution >= 4 is 23.2 Å². The molecular formula is C4H6Cl2O2. The van der Waals surface area contributed by atoms with Crippen molar-refractivity contribution < 1.29 is 10.2 Å². The van der Waals surface area contributed by atoms with Crippen molar-refractivity contribution in [3.05, 3.63) is 0 Å². The van der Waals surface area contributed by atoms with Gasteiger partial charge in [-0.05, 0) is 0 Å². The highest BCUT2D eigenvalue weighted by molar-refractivity contribution is 6.32. The standard InChI is InChI=1S/C4H6Cl2O2/c5-1-2(6)4(8)3(1)7/h1-4,7-8H/t1-,2+,3+,4-. The van der Waals surface area contributed by atoms with Gasteiger partial charge in [-0.15, -0.1) is 23.2 Å². The Kier molecular flexibility index (Phi) is 1.68. The molecule has 0 bridgehead atoms. The lowest BCUT2D eigenvalue weighted by Gasteiger charge is -2.38. The first-order valence-electron chi connectivity index (χ1n) is 2.29. The van der Waals surface area contributed by atoms with Gasteiger partial charge in [0, 0.05) is 0 Å². The van der Waals surface area contributed by atoms with Crippen LogP contribution >= 0.6 is 23.2 Å². The first kappa shape index (κ1) is 6.62. The van der Waals surface area contributed by atoms with Gasteiger partial charge in [-0.25, -0.2) is 0 Å². The molecule has 2 nitrogen and oxygen atoms in total. The average Bonchev–Trinajstić information content (AvgIpc) is 1.83. The van der Waals surface area contributed by atoms with E-state index in [0.29, 0.717) is 0 Å². The number of aliphatic hydroxyl groups excluding tert-OH is 2. The molecule has 0 aromatic rings. The summed E-state index contributed by atoms with van der Waals surface area (Å²) in [5.74, 6) is 0. The Labute approximate surface area is 57.0 Å². The summed E-state index contributed by atoms with van der Waals surface area (Å²) in [4.78, 5) is 0. The number of hydrogen-bond donors (Lipinski definition) is 2. The lowest BCUT2D eigenvalue weighted by molar-refractivity contribution is -0.0432. The van der Waals surface area contributed by atoms with E-state index < -0.39 is 23.0 Å². The van der Waals surface area contributed by atoms with E-state index in [1.807, 2.05) is 0 Å². The molecule has 0 aromatic carbocycles. The minimum Gasteiger partial charge on any atom is -0.389 e. The average molecular weight is 157 g/mol. The fourth-order valence-corrected chi connectivity index (χ4v) is 1.20. The molecule has 1 aliphatic carbocycles. The molecule has 0 saturated heterocycles. The van der Waals surface area contributed by atoms with Crippen molar-refractivity contribution in [2.24, 2.45) is 0 Å². The zero-order valence-electron chi connectivity index (χ0n) is 3.96. The summed E-state index contributed by atoms with van der Waals surface area (Å²) in [6.45, 7) is 0. The van der Waals surface area contributed by atoms with Crippen LogP contribution < -0.4 is 0 Å². The van der Waals surface area contributed by atoms with Crippen molar-refractivity contribution in [2.75, 3.05) is 0 Å². The highest BCUT2D eigenvalue weighted by Crippen LogP contribution is 2.31. The third-order valence-electron chi connectivity index (χ3n) is 1.31. The van der Waals surface area contributed by atoms with Crippen LogP contribution in [0.25, 0.3) is 0 Å². The fraction of sp³-hybridized carbons (Fsp3) is 1.00. The van der Waals surface area contributed by atoms with Crippen LogP contribution in [0.15, 0.2) is 0 Å². The normalized spacial score (nSPS) is 55.5. The number of halogens is 2. The van der Waals surface area contributed by atoms with Crippen molar-refractivity contribution in [3.63, 3.8) is 0 Å². The molecule has 1 saturated carbocycles. The van der Waals surface area contributed by atoms with E-state index in [0.717, 1.165) is 0 Å². The number of rotatable bonds is 0. The second-order valence-corrected chi connectivity index (χ2v) is 2.88. The van der Waals surface area contributed by atoms with Crippen LogP contribution in [0.3, 0.4) is 0 Å². The second kappa shape index (κ2) is 2.03. The van der Waals surface area contributed by atoms with Crippen LogP contribution in [0.1, 0.15) is 0 Å². The molecule has 0 spiro atoms. The molecule has 4 atom stereocenters.